The molecule has 0 unspecified atom stereocenters. The number of allylic oxidation sites excluding steroid dienone is 1. The number of hydrogen-bond acceptors (Lipinski definition) is 4. The molecule has 0 saturated heterocycles. The first-order chi connectivity index (χ1) is 11.3. The number of carbonyl (C=O) groups excluding carboxylic acids is 1. The van der Waals surface area contributed by atoms with Crippen molar-refractivity contribution in [1.82, 2.24) is 9.97 Å². The number of fused-ring (bicyclic) bond motifs is 1. The predicted molar refractivity (Wildman–Crippen MR) is 98.0 cm³/mol. The highest BCUT2D eigenvalue weighted by molar-refractivity contribution is 5.92. The molecule has 0 saturated carbocycles. The van der Waals surface area contributed by atoms with Crippen molar-refractivity contribution in [2.45, 2.75) is 53.4 Å². The molecule has 2 rings (SSSR count). The van der Waals surface area contributed by atoms with Crippen LogP contribution in [-0.2, 0) is 9.53 Å². The van der Waals surface area contributed by atoms with E-state index in [0.717, 1.165) is 33.6 Å². The standard InChI is InChI=1S/C20H26N2O2/c1-7-24-18(23)10-14(6)15-8-9-16-17(11-15)22-20(13(4)5)19(21-16)12(2)3/h8-13H,7H2,1-6H3/b14-10+. The van der Waals surface area contributed by atoms with Gasteiger partial charge in [0.15, 0.2) is 0 Å². The third-order valence-electron chi connectivity index (χ3n) is 3.89. The van der Waals surface area contributed by atoms with Gasteiger partial charge in [0.05, 0.1) is 29.0 Å². The Morgan fingerprint density at radius 3 is 2.21 bits per heavy atom. The van der Waals surface area contributed by atoms with E-state index in [1.165, 1.54) is 6.08 Å². The summed E-state index contributed by atoms with van der Waals surface area (Å²) in [6.45, 7) is 12.6. The largest absolute Gasteiger partial charge is 0.463 e. The van der Waals surface area contributed by atoms with Crippen molar-refractivity contribution in [3.63, 3.8) is 0 Å². The maximum atomic E-state index is 11.6. The van der Waals surface area contributed by atoms with Crippen LogP contribution in [0.4, 0.5) is 0 Å². The molecule has 24 heavy (non-hydrogen) atoms. The molecule has 0 aliphatic heterocycles. The summed E-state index contributed by atoms with van der Waals surface area (Å²) >= 11 is 0. The van der Waals surface area contributed by atoms with E-state index in [1.807, 2.05) is 25.1 Å². The zero-order valence-electron chi connectivity index (χ0n) is 15.4. The molecule has 1 aromatic heterocycles. The lowest BCUT2D eigenvalue weighted by atomic mass is 9.99. The first-order valence-corrected chi connectivity index (χ1v) is 8.50. The Labute approximate surface area is 144 Å². The lowest BCUT2D eigenvalue weighted by Gasteiger charge is -2.15. The van der Waals surface area contributed by atoms with Gasteiger partial charge in [-0.25, -0.2) is 14.8 Å². The number of ether oxygens (including phenoxy) is 1. The maximum Gasteiger partial charge on any atom is 0.331 e. The van der Waals surface area contributed by atoms with Gasteiger partial charge >= 0.3 is 5.97 Å². The van der Waals surface area contributed by atoms with Gasteiger partial charge in [-0.05, 0) is 49.0 Å². The van der Waals surface area contributed by atoms with Crippen molar-refractivity contribution in [2.75, 3.05) is 6.61 Å². The lowest BCUT2D eigenvalue weighted by Crippen LogP contribution is -2.06. The average Bonchev–Trinajstić information content (AvgIpc) is 2.52. The van der Waals surface area contributed by atoms with Gasteiger partial charge in [-0.1, -0.05) is 33.8 Å². The number of esters is 1. The predicted octanol–water partition coefficient (Wildman–Crippen LogP) is 4.84. The summed E-state index contributed by atoms with van der Waals surface area (Å²) < 4.78 is 4.97. The van der Waals surface area contributed by atoms with Crippen LogP contribution < -0.4 is 0 Å². The minimum Gasteiger partial charge on any atom is -0.463 e. The average molecular weight is 326 g/mol. The van der Waals surface area contributed by atoms with Gasteiger partial charge in [0.25, 0.3) is 0 Å². The Hall–Kier alpha value is -2.23. The zero-order chi connectivity index (χ0) is 17.9. The molecule has 0 N–H and O–H groups in total. The molecule has 0 spiro atoms. The molecule has 0 aliphatic rings. The molecule has 0 bridgehead atoms. The molecule has 128 valence electrons. The SMILES string of the molecule is CCOC(=O)/C=C(\C)c1ccc2nc(C(C)C)c(C(C)C)nc2c1. The topological polar surface area (TPSA) is 52.1 Å². The zero-order valence-corrected chi connectivity index (χ0v) is 15.4. The fourth-order valence-corrected chi connectivity index (χ4v) is 2.62. The van der Waals surface area contributed by atoms with Gasteiger partial charge in [-0.3, -0.25) is 0 Å². The molecule has 1 aromatic carbocycles. The minimum atomic E-state index is -0.320. The Morgan fingerprint density at radius 2 is 1.67 bits per heavy atom. The molecule has 1 heterocycles. The lowest BCUT2D eigenvalue weighted by molar-refractivity contribution is -0.137. The van der Waals surface area contributed by atoms with Crippen molar-refractivity contribution in [3.05, 3.63) is 41.2 Å². The van der Waals surface area contributed by atoms with E-state index < -0.39 is 0 Å². The third kappa shape index (κ3) is 3.99. The Morgan fingerprint density at radius 1 is 1.08 bits per heavy atom. The molecule has 2 aromatic rings. The van der Waals surface area contributed by atoms with Crippen LogP contribution in [0.15, 0.2) is 24.3 Å². The maximum absolute atomic E-state index is 11.6. The number of aromatic nitrogens is 2. The summed E-state index contributed by atoms with van der Waals surface area (Å²) in [7, 11) is 0. The highest BCUT2D eigenvalue weighted by Crippen LogP contribution is 2.27. The Balaban J connectivity index is 2.51. The number of nitrogens with zero attached hydrogens (tertiary/aromatic N) is 2. The Bertz CT molecular complexity index is 777. The number of hydrogen-bond donors (Lipinski definition) is 0. The fraction of sp³-hybridized carbons (Fsp3) is 0.450. The number of benzene rings is 1. The van der Waals surface area contributed by atoms with Gasteiger partial charge in [0.2, 0.25) is 0 Å². The van der Waals surface area contributed by atoms with Gasteiger partial charge in [-0.2, -0.15) is 0 Å². The quantitative estimate of drug-likeness (QED) is 0.582. The van der Waals surface area contributed by atoms with E-state index in [9.17, 15) is 4.79 Å². The first kappa shape index (κ1) is 18.1. The number of carbonyl (C=O) groups is 1. The van der Waals surface area contributed by atoms with Crippen LogP contribution in [0.1, 0.15) is 70.3 Å². The second-order valence-corrected chi connectivity index (χ2v) is 6.59. The molecule has 0 amide bonds. The van der Waals surface area contributed by atoms with Gasteiger partial charge in [0.1, 0.15) is 0 Å². The van der Waals surface area contributed by atoms with Crippen LogP contribution in [0, 0.1) is 0 Å². The van der Waals surface area contributed by atoms with E-state index in [0.29, 0.717) is 18.4 Å². The van der Waals surface area contributed by atoms with Gasteiger partial charge in [0, 0.05) is 6.08 Å². The molecule has 0 fully saturated rings. The second-order valence-electron chi connectivity index (χ2n) is 6.59. The summed E-state index contributed by atoms with van der Waals surface area (Å²) in [5, 5.41) is 0. The summed E-state index contributed by atoms with van der Waals surface area (Å²) in [6, 6.07) is 5.93. The van der Waals surface area contributed by atoms with Crippen LogP contribution in [0.3, 0.4) is 0 Å². The monoisotopic (exact) mass is 326 g/mol. The molecule has 0 radical (unpaired) electrons. The first-order valence-electron chi connectivity index (χ1n) is 8.50. The van der Waals surface area contributed by atoms with Gasteiger partial charge in [-0.15, -0.1) is 0 Å². The third-order valence-corrected chi connectivity index (χ3v) is 3.89. The molecular weight excluding hydrogens is 300 g/mol. The smallest absolute Gasteiger partial charge is 0.331 e. The molecule has 0 atom stereocenters. The summed E-state index contributed by atoms with van der Waals surface area (Å²) in [5.41, 5.74) is 5.66. The molecule has 4 nitrogen and oxygen atoms in total. The van der Waals surface area contributed by atoms with Crippen LogP contribution in [-0.4, -0.2) is 22.5 Å². The normalized spacial score (nSPS) is 12.2. The van der Waals surface area contributed by atoms with Crippen LogP contribution >= 0.6 is 0 Å². The van der Waals surface area contributed by atoms with Crippen molar-refractivity contribution in [2.24, 2.45) is 0 Å². The summed E-state index contributed by atoms with van der Waals surface area (Å²) in [5.74, 6) is 0.336. The summed E-state index contributed by atoms with van der Waals surface area (Å²) in [6.07, 6.45) is 1.52. The van der Waals surface area contributed by atoms with Crippen molar-refractivity contribution < 1.29 is 9.53 Å². The highest BCUT2D eigenvalue weighted by Gasteiger charge is 2.15. The van der Waals surface area contributed by atoms with Gasteiger partial charge < -0.3 is 4.74 Å². The minimum absolute atomic E-state index is 0.319. The van der Waals surface area contributed by atoms with Crippen molar-refractivity contribution >= 4 is 22.6 Å². The second kappa shape index (κ2) is 7.56. The number of rotatable bonds is 5. The van der Waals surface area contributed by atoms with Crippen LogP contribution in [0.5, 0.6) is 0 Å². The highest BCUT2D eigenvalue weighted by atomic mass is 16.5. The van der Waals surface area contributed by atoms with Crippen LogP contribution in [0.2, 0.25) is 0 Å². The van der Waals surface area contributed by atoms with E-state index in [-0.39, 0.29) is 5.97 Å². The van der Waals surface area contributed by atoms with E-state index in [4.69, 9.17) is 14.7 Å². The summed E-state index contributed by atoms with van der Waals surface area (Å²) in [4.78, 5) is 21.3. The van der Waals surface area contributed by atoms with E-state index >= 15 is 0 Å². The molecule has 0 aliphatic carbocycles. The van der Waals surface area contributed by atoms with Crippen molar-refractivity contribution in [1.29, 1.82) is 0 Å². The van der Waals surface area contributed by atoms with Crippen LogP contribution in [0.25, 0.3) is 16.6 Å². The fourth-order valence-electron chi connectivity index (χ4n) is 2.62. The Kier molecular flexibility index (Phi) is 5.71. The van der Waals surface area contributed by atoms with E-state index in [2.05, 4.69) is 27.7 Å². The molecule has 4 heteroatoms. The van der Waals surface area contributed by atoms with Crippen molar-refractivity contribution in [3.8, 4) is 0 Å². The molecular formula is C20H26N2O2. The van der Waals surface area contributed by atoms with E-state index in [1.54, 1.807) is 6.92 Å².